The van der Waals surface area contributed by atoms with E-state index in [1.54, 1.807) is 19.1 Å². The summed E-state index contributed by atoms with van der Waals surface area (Å²) in [6, 6.07) is 7.20. The number of ketones is 1. The number of ether oxygens (including phenoxy) is 2. The zero-order valence-corrected chi connectivity index (χ0v) is 11.7. The highest BCUT2D eigenvalue weighted by atomic mass is 79.9. The van der Waals surface area contributed by atoms with E-state index in [2.05, 4.69) is 15.9 Å². The Balaban J connectivity index is 2.24. The standard InChI is InChI=1S/C13H15BrO4/c1-2-17-13(16)8-5-11(15)9-18-12-6-3-10(14)4-7-12/h3-4,6-7H,2,5,8-9H2,1H3. The molecule has 4 nitrogen and oxygen atoms in total. The van der Waals surface area contributed by atoms with Crippen LogP contribution in [0.2, 0.25) is 0 Å². The highest BCUT2D eigenvalue weighted by Crippen LogP contribution is 2.16. The maximum atomic E-state index is 11.4. The number of hydrogen-bond donors (Lipinski definition) is 0. The molecule has 18 heavy (non-hydrogen) atoms. The average molecular weight is 315 g/mol. The third-order valence-electron chi connectivity index (χ3n) is 2.13. The SMILES string of the molecule is CCOC(=O)CCC(=O)COc1ccc(Br)cc1. The van der Waals surface area contributed by atoms with Crippen molar-refractivity contribution >= 4 is 27.7 Å². The lowest BCUT2D eigenvalue weighted by molar-refractivity contribution is -0.144. The lowest BCUT2D eigenvalue weighted by Gasteiger charge is -2.05. The summed E-state index contributed by atoms with van der Waals surface area (Å²) in [5.41, 5.74) is 0. The van der Waals surface area contributed by atoms with E-state index in [-0.39, 0.29) is 31.2 Å². The van der Waals surface area contributed by atoms with Gasteiger partial charge in [-0.05, 0) is 31.2 Å². The molecule has 0 radical (unpaired) electrons. The van der Waals surface area contributed by atoms with E-state index in [0.29, 0.717) is 12.4 Å². The van der Waals surface area contributed by atoms with Crippen molar-refractivity contribution in [2.45, 2.75) is 19.8 Å². The molecule has 0 amide bonds. The lowest BCUT2D eigenvalue weighted by Crippen LogP contribution is -2.14. The van der Waals surface area contributed by atoms with E-state index >= 15 is 0 Å². The van der Waals surface area contributed by atoms with Crippen molar-refractivity contribution < 1.29 is 19.1 Å². The highest BCUT2D eigenvalue weighted by molar-refractivity contribution is 9.10. The molecule has 5 heteroatoms. The molecule has 0 atom stereocenters. The van der Waals surface area contributed by atoms with Gasteiger partial charge in [-0.2, -0.15) is 0 Å². The van der Waals surface area contributed by atoms with Crippen molar-refractivity contribution in [3.8, 4) is 5.75 Å². The fraction of sp³-hybridized carbons (Fsp3) is 0.385. The maximum Gasteiger partial charge on any atom is 0.306 e. The number of carbonyl (C=O) groups is 2. The first-order valence-corrected chi connectivity index (χ1v) is 6.46. The Labute approximate surface area is 114 Å². The summed E-state index contributed by atoms with van der Waals surface area (Å²) in [7, 11) is 0. The Morgan fingerprint density at radius 2 is 1.83 bits per heavy atom. The average Bonchev–Trinajstić information content (AvgIpc) is 2.36. The third kappa shape index (κ3) is 5.82. The number of hydrogen-bond acceptors (Lipinski definition) is 4. The Hall–Kier alpha value is -1.36. The Kier molecular flexibility index (Phi) is 6.43. The fourth-order valence-electron chi connectivity index (χ4n) is 1.24. The van der Waals surface area contributed by atoms with Crippen LogP contribution in [0.15, 0.2) is 28.7 Å². The molecule has 0 aliphatic heterocycles. The minimum atomic E-state index is -0.352. The molecule has 98 valence electrons. The molecule has 0 bridgehead atoms. The zero-order chi connectivity index (χ0) is 13.4. The minimum absolute atomic E-state index is 0.0267. The van der Waals surface area contributed by atoms with Gasteiger partial charge in [0, 0.05) is 10.9 Å². The summed E-state index contributed by atoms with van der Waals surface area (Å²) in [6.07, 6.45) is 0.256. The summed E-state index contributed by atoms with van der Waals surface area (Å²) < 4.78 is 11.0. The summed E-state index contributed by atoms with van der Waals surface area (Å²) in [5.74, 6) is 0.156. The maximum absolute atomic E-state index is 11.4. The normalized spacial score (nSPS) is 9.89. The molecule has 0 spiro atoms. The van der Waals surface area contributed by atoms with Gasteiger partial charge in [0.1, 0.15) is 12.4 Å². The summed E-state index contributed by atoms with van der Waals surface area (Å²) in [4.78, 5) is 22.5. The monoisotopic (exact) mass is 314 g/mol. The van der Waals surface area contributed by atoms with E-state index in [1.807, 2.05) is 12.1 Å². The van der Waals surface area contributed by atoms with Crippen molar-refractivity contribution in [3.63, 3.8) is 0 Å². The van der Waals surface area contributed by atoms with Crippen LogP contribution in [0, 0.1) is 0 Å². The number of halogens is 1. The van der Waals surface area contributed by atoms with E-state index in [0.717, 1.165) is 4.47 Å². The molecule has 0 aliphatic rings. The van der Waals surface area contributed by atoms with Gasteiger partial charge in [0.15, 0.2) is 5.78 Å². The second-order valence-corrected chi connectivity index (χ2v) is 4.50. The second kappa shape index (κ2) is 7.87. The van der Waals surface area contributed by atoms with E-state index in [1.165, 1.54) is 0 Å². The van der Waals surface area contributed by atoms with Gasteiger partial charge in [-0.3, -0.25) is 9.59 Å². The van der Waals surface area contributed by atoms with Gasteiger partial charge < -0.3 is 9.47 Å². The van der Waals surface area contributed by atoms with Crippen LogP contribution in [0.25, 0.3) is 0 Å². The van der Waals surface area contributed by atoms with Gasteiger partial charge in [0.25, 0.3) is 0 Å². The van der Waals surface area contributed by atoms with Crippen LogP contribution >= 0.6 is 15.9 Å². The summed E-state index contributed by atoms with van der Waals surface area (Å²) in [6.45, 7) is 2.04. The molecule has 0 N–H and O–H groups in total. The van der Waals surface area contributed by atoms with Gasteiger partial charge in [-0.15, -0.1) is 0 Å². The molecule has 0 fully saturated rings. The summed E-state index contributed by atoms with van der Waals surface area (Å²) >= 11 is 3.31. The predicted octanol–water partition coefficient (Wildman–Crippen LogP) is 2.74. The van der Waals surface area contributed by atoms with Crippen LogP contribution in [0.1, 0.15) is 19.8 Å². The van der Waals surface area contributed by atoms with E-state index in [4.69, 9.17) is 9.47 Å². The van der Waals surface area contributed by atoms with Crippen LogP contribution in [0.4, 0.5) is 0 Å². The molecule has 1 aromatic carbocycles. The molecule has 0 saturated heterocycles. The van der Waals surface area contributed by atoms with Crippen molar-refractivity contribution in [2.24, 2.45) is 0 Å². The van der Waals surface area contributed by atoms with Crippen LogP contribution in [0.3, 0.4) is 0 Å². The smallest absolute Gasteiger partial charge is 0.306 e. The molecule has 1 rings (SSSR count). The zero-order valence-electron chi connectivity index (χ0n) is 10.1. The van der Waals surface area contributed by atoms with Gasteiger partial charge in [-0.25, -0.2) is 0 Å². The largest absolute Gasteiger partial charge is 0.486 e. The van der Waals surface area contributed by atoms with Crippen LogP contribution in [-0.2, 0) is 14.3 Å². The van der Waals surface area contributed by atoms with Crippen LogP contribution < -0.4 is 4.74 Å². The van der Waals surface area contributed by atoms with Gasteiger partial charge in [0.05, 0.1) is 13.0 Å². The molecular formula is C13H15BrO4. The van der Waals surface area contributed by atoms with Crippen molar-refractivity contribution in [1.29, 1.82) is 0 Å². The second-order valence-electron chi connectivity index (χ2n) is 3.59. The van der Waals surface area contributed by atoms with Crippen molar-refractivity contribution in [1.82, 2.24) is 0 Å². The first-order valence-electron chi connectivity index (χ1n) is 5.67. The molecular weight excluding hydrogens is 300 g/mol. The van der Waals surface area contributed by atoms with Crippen molar-refractivity contribution in [2.75, 3.05) is 13.2 Å². The Bertz CT molecular complexity index is 400. The first kappa shape index (κ1) is 14.7. The summed E-state index contributed by atoms with van der Waals surface area (Å²) in [5, 5.41) is 0. The fourth-order valence-corrected chi connectivity index (χ4v) is 1.51. The predicted molar refractivity (Wildman–Crippen MR) is 70.5 cm³/mol. The van der Waals surface area contributed by atoms with Crippen LogP contribution in [-0.4, -0.2) is 25.0 Å². The number of rotatable bonds is 7. The third-order valence-corrected chi connectivity index (χ3v) is 2.66. The number of carbonyl (C=O) groups excluding carboxylic acids is 2. The highest BCUT2D eigenvalue weighted by Gasteiger charge is 2.08. The molecule has 0 heterocycles. The Morgan fingerprint density at radius 3 is 2.44 bits per heavy atom. The molecule has 0 aromatic heterocycles. The molecule has 0 saturated carbocycles. The number of Topliss-reactive ketones (excluding diaryl/α,β-unsaturated/α-hetero) is 1. The van der Waals surface area contributed by atoms with Gasteiger partial charge in [-0.1, -0.05) is 15.9 Å². The van der Waals surface area contributed by atoms with E-state index in [9.17, 15) is 9.59 Å². The topological polar surface area (TPSA) is 52.6 Å². The quantitative estimate of drug-likeness (QED) is 0.726. The van der Waals surface area contributed by atoms with Gasteiger partial charge >= 0.3 is 5.97 Å². The first-order chi connectivity index (χ1) is 8.61. The van der Waals surface area contributed by atoms with Crippen LogP contribution in [0.5, 0.6) is 5.75 Å². The number of benzene rings is 1. The van der Waals surface area contributed by atoms with E-state index < -0.39 is 0 Å². The van der Waals surface area contributed by atoms with Gasteiger partial charge in [0.2, 0.25) is 0 Å². The minimum Gasteiger partial charge on any atom is -0.486 e. The molecule has 1 aromatic rings. The Morgan fingerprint density at radius 1 is 1.17 bits per heavy atom. The molecule has 0 unspecified atom stereocenters. The molecule has 0 aliphatic carbocycles. The lowest BCUT2D eigenvalue weighted by atomic mass is 10.2. The number of esters is 1. The van der Waals surface area contributed by atoms with Crippen molar-refractivity contribution in [3.05, 3.63) is 28.7 Å².